The molecule has 0 bridgehead atoms. The lowest BCUT2D eigenvalue weighted by atomic mass is 10.3. The van der Waals surface area contributed by atoms with E-state index in [-0.39, 0.29) is 33.6 Å². The van der Waals surface area contributed by atoms with E-state index in [0.29, 0.717) is 15.4 Å². The van der Waals surface area contributed by atoms with Gasteiger partial charge >= 0.3 is 0 Å². The molecule has 8 nitrogen and oxygen atoms in total. The molecule has 3 rings (SSSR count). The predicted octanol–water partition coefficient (Wildman–Crippen LogP) is 3.29. The lowest BCUT2D eigenvalue weighted by Gasteiger charge is -2.08. The Morgan fingerprint density at radius 3 is 2.96 bits per heavy atom. The van der Waals surface area contributed by atoms with Gasteiger partial charge in [0.2, 0.25) is 5.91 Å². The number of nitrogens with zero attached hydrogens (tertiary/aromatic N) is 3. The summed E-state index contributed by atoms with van der Waals surface area (Å²) in [4.78, 5) is 39.6. The van der Waals surface area contributed by atoms with Crippen molar-refractivity contribution in [2.24, 2.45) is 7.05 Å². The molecule has 26 heavy (non-hydrogen) atoms. The monoisotopic (exact) mass is 410 g/mol. The first kappa shape index (κ1) is 18.4. The van der Waals surface area contributed by atoms with E-state index in [1.807, 2.05) is 0 Å². The number of anilines is 1. The van der Waals surface area contributed by atoms with Crippen molar-refractivity contribution in [3.8, 4) is 0 Å². The third kappa shape index (κ3) is 3.71. The second-order valence-electron chi connectivity index (χ2n) is 5.16. The summed E-state index contributed by atoms with van der Waals surface area (Å²) in [5, 5.41) is 16.2. The van der Waals surface area contributed by atoms with Crippen LogP contribution in [0.3, 0.4) is 0 Å². The number of carbonyl (C=O) groups is 1. The van der Waals surface area contributed by atoms with Gasteiger partial charge in [-0.25, -0.2) is 4.98 Å². The van der Waals surface area contributed by atoms with E-state index >= 15 is 0 Å². The molecule has 0 atom stereocenters. The number of fused-ring (bicyclic) bond motifs is 1. The molecule has 0 radical (unpaired) electrons. The van der Waals surface area contributed by atoms with Crippen molar-refractivity contribution in [3.05, 3.63) is 55.1 Å². The van der Waals surface area contributed by atoms with Gasteiger partial charge in [0, 0.05) is 18.8 Å². The van der Waals surface area contributed by atoms with Gasteiger partial charge in [0.15, 0.2) is 5.16 Å². The molecular weight excluding hydrogens is 400 g/mol. The smallest absolute Gasteiger partial charge is 0.289 e. The van der Waals surface area contributed by atoms with Crippen LogP contribution in [-0.4, -0.2) is 26.1 Å². The number of benzene rings is 1. The fourth-order valence-electron chi connectivity index (χ4n) is 2.17. The van der Waals surface area contributed by atoms with Gasteiger partial charge in [-0.15, -0.1) is 11.3 Å². The van der Waals surface area contributed by atoms with Crippen molar-refractivity contribution < 1.29 is 9.72 Å². The van der Waals surface area contributed by atoms with E-state index in [1.54, 1.807) is 18.5 Å². The molecule has 1 amide bonds. The standard InChI is InChI=1S/C15H11ClN4O4S2/c1-19-14(22)9-4-5-25-13(9)18-15(19)26-7-12(21)17-8-2-3-10(16)11(6-8)20(23)24/h2-6H,7H2,1H3,(H,17,21). The topological polar surface area (TPSA) is 107 Å². The molecule has 0 aliphatic rings. The molecule has 2 aromatic heterocycles. The maximum absolute atomic E-state index is 12.2. The number of nitrogens with one attached hydrogen (secondary N) is 1. The van der Waals surface area contributed by atoms with Crippen molar-refractivity contribution in [1.82, 2.24) is 9.55 Å². The third-order valence-electron chi connectivity index (χ3n) is 3.42. The first-order valence-corrected chi connectivity index (χ1v) is 9.42. The number of thiophene rings is 1. The molecule has 0 saturated heterocycles. The van der Waals surface area contributed by atoms with Crippen molar-refractivity contribution in [1.29, 1.82) is 0 Å². The lowest BCUT2D eigenvalue weighted by molar-refractivity contribution is -0.384. The number of hydrogen-bond donors (Lipinski definition) is 1. The van der Waals surface area contributed by atoms with Crippen LogP contribution in [0.2, 0.25) is 5.02 Å². The molecule has 0 saturated carbocycles. The van der Waals surface area contributed by atoms with Gasteiger partial charge in [0.1, 0.15) is 9.85 Å². The fraction of sp³-hybridized carbons (Fsp3) is 0.133. The van der Waals surface area contributed by atoms with E-state index in [1.165, 1.54) is 34.1 Å². The van der Waals surface area contributed by atoms with E-state index in [4.69, 9.17) is 11.6 Å². The molecule has 0 aliphatic carbocycles. The Hall–Kier alpha value is -2.43. The molecule has 0 unspecified atom stereocenters. The van der Waals surface area contributed by atoms with Crippen LogP contribution in [0.15, 0.2) is 39.6 Å². The minimum atomic E-state index is -0.622. The van der Waals surface area contributed by atoms with Gasteiger partial charge in [-0.1, -0.05) is 23.4 Å². The average Bonchev–Trinajstić information content (AvgIpc) is 3.07. The highest BCUT2D eigenvalue weighted by molar-refractivity contribution is 7.99. The zero-order chi connectivity index (χ0) is 18.8. The van der Waals surface area contributed by atoms with Crippen molar-refractivity contribution in [3.63, 3.8) is 0 Å². The van der Waals surface area contributed by atoms with Crippen LogP contribution in [0.1, 0.15) is 0 Å². The minimum Gasteiger partial charge on any atom is -0.325 e. The predicted molar refractivity (Wildman–Crippen MR) is 102 cm³/mol. The van der Waals surface area contributed by atoms with Crippen molar-refractivity contribution in [2.75, 3.05) is 11.1 Å². The number of thioether (sulfide) groups is 1. The van der Waals surface area contributed by atoms with Gasteiger partial charge < -0.3 is 5.32 Å². The number of amides is 1. The maximum atomic E-state index is 12.2. The Labute approximate surface area is 160 Å². The molecule has 11 heteroatoms. The second-order valence-corrected chi connectivity index (χ2v) is 7.40. The molecular formula is C15H11ClN4O4S2. The summed E-state index contributed by atoms with van der Waals surface area (Å²) < 4.78 is 1.39. The molecule has 1 aromatic carbocycles. The number of rotatable bonds is 5. The van der Waals surface area contributed by atoms with Crippen LogP contribution in [0.5, 0.6) is 0 Å². The highest BCUT2D eigenvalue weighted by Gasteiger charge is 2.15. The van der Waals surface area contributed by atoms with Crippen LogP contribution in [0.25, 0.3) is 10.2 Å². The van der Waals surface area contributed by atoms with Crippen molar-refractivity contribution >= 4 is 62.2 Å². The summed E-state index contributed by atoms with van der Waals surface area (Å²) in [5.74, 6) is -0.389. The Kier molecular flexibility index (Phi) is 5.25. The van der Waals surface area contributed by atoms with E-state index in [0.717, 1.165) is 11.8 Å². The number of nitro benzene ring substituents is 1. The van der Waals surface area contributed by atoms with Gasteiger partial charge in [-0.3, -0.25) is 24.3 Å². The zero-order valence-corrected chi connectivity index (χ0v) is 15.7. The second kappa shape index (κ2) is 7.44. The van der Waals surface area contributed by atoms with E-state index in [9.17, 15) is 19.7 Å². The lowest BCUT2D eigenvalue weighted by Crippen LogP contribution is -2.20. The number of carbonyl (C=O) groups excluding carboxylic acids is 1. The molecule has 134 valence electrons. The van der Waals surface area contributed by atoms with Crippen molar-refractivity contribution in [2.45, 2.75) is 5.16 Å². The first-order chi connectivity index (χ1) is 12.4. The average molecular weight is 411 g/mol. The van der Waals surface area contributed by atoms with Crippen LogP contribution < -0.4 is 10.9 Å². The molecule has 0 spiro atoms. The van der Waals surface area contributed by atoms with E-state index < -0.39 is 4.92 Å². The van der Waals surface area contributed by atoms with Gasteiger partial charge in [-0.05, 0) is 23.6 Å². The number of nitro groups is 1. The summed E-state index contributed by atoms with van der Waals surface area (Å²) in [6, 6.07) is 5.72. The molecule has 1 N–H and O–H groups in total. The third-order valence-corrected chi connectivity index (χ3v) is 5.58. The van der Waals surface area contributed by atoms with Gasteiger partial charge in [0.25, 0.3) is 11.2 Å². The zero-order valence-electron chi connectivity index (χ0n) is 13.3. The Morgan fingerprint density at radius 1 is 1.46 bits per heavy atom. The van der Waals surface area contributed by atoms with Crippen LogP contribution >= 0.6 is 34.7 Å². The molecule has 2 heterocycles. The summed E-state index contributed by atoms with van der Waals surface area (Å²) in [6.45, 7) is 0. The first-order valence-electron chi connectivity index (χ1n) is 7.17. The molecule has 3 aromatic rings. The van der Waals surface area contributed by atoms with Gasteiger partial charge in [0.05, 0.1) is 16.1 Å². The van der Waals surface area contributed by atoms with Gasteiger partial charge in [-0.2, -0.15) is 0 Å². The van der Waals surface area contributed by atoms with E-state index in [2.05, 4.69) is 10.3 Å². The number of hydrogen-bond acceptors (Lipinski definition) is 7. The highest BCUT2D eigenvalue weighted by Crippen LogP contribution is 2.27. The number of halogens is 1. The SMILES string of the molecule is Cn1c(SCC(=O)Nc2ccc(Cl)c([N+](=O)[O-])c2)nc2sccc2c1=O. The summed E-state index contributed by atoms with van der Waals surface area (Å²) in [6.07, 6.45) is 0. The summed E-state index contributed by atoms with van der Waals surface area (Å²) >= 11 is 8.20. The fourth-order valence-corrected chi connectivity index (χ4v) is 3.93. The maximum Gasteiger partial charge on any atom is 0.289 e. The van der Waals surface area contributed by atoms with Crippen LogP contribution in [-0.2, 0) is 11.8 Å². The summed E-state index contributed by atoms with van der Waals surface area (Å²) in [7, 11) is 1.59. The Balaban J connectivity index is 1.72. The van der Waals surface area contributed by atoms with Crippen LogP contribution in [0.4, 0.5) is 11.4 Å². The Morgan fingerprint density at radius 2 is 2.23 bits per heavy atom. The molecule has 0 aliphatic heterocycles. The largest absolute Gasteiger partial charge is 0.325 e. The number of aromatic nitrogens is 2. The highest BCUT2D eigenvalue weighted by atomic mass is 35.5. The quantitative estimate of drug-likeness (QED) is 0.299. The normalized spacial score (nSPS) is 10.8. The van der Waals surface area contributed by atoms with Crippen LogP contribution in [0, 0.1) is 10.1 Å². The summed E-state index contributed by atoms with van der Waals surface area (Å²) in [5.41, 5.74) is -0.195. The minimum absolute atomic E-state index is 0.00636. The molecule has 0 fully saturated rings. The Bertz CT molecular complexity index is 1080.